The third kappa shape index (κ3) is 2.55. The van der Waals surface area contributed by atoms with Crippen LogP contribution in [0.2, 0.25) is 0 Å². The van der Waals surface area contributed by atoms with E-state index in [0.29, 0.717) is 6.04 Å². The summed E-state index contributed by atoms with van der Waals surface area (Å²) < 4.78 is 0. The molecule has 1 unspecified atom stereocenters. The lowest BCUT2D eigenvalue weighted by atomic mass is 10.0. The van der Waals surface area contributed by atoms with Crippen LogP contribution < -0.4 is 10.2 Å². The Balaban J connectivity index is 1.76. The first-order valence-electron chi connectivity index (χ1n) is 7.16. The maximum atomic E-state index is 4.40. The Morgan fingerprint density at radius 1 is 1.35 bits per heavy atom. The minimum Gasteiger partial charge on any atom is -0.348 e. The molecule has 20 heavy (non-hydrogen) atoms. The summed E-state index contributed by atoms with van der Waals surface area (Å²) in [5.41, 5.74) is 2.44. The van der Waals surface area contributed by atoms with Crippen molar-refractivity contribution >= 4 is 17.2 Å². The fraction of sp³-hybridized carbons (Fsp3) is 0.467. The predicted octanol–water partition coefficient (Wildman–Crippen LogP) is 2.77. The fourth-order valence-corrected chi connectivity index (χ4v) is 3.64. The highest BCUT2D eigenvalue weighted by atomic mass is 32.1. The number of fused-ring (bicyclic) bond motifs is 1. The number of anilines is 1. The van der Waals surface area contributed by atoms with E-state index < -0.39 is 0 Å². The molecular formula is C15H20N4S. The van der Waals surface area contributed by atoms with E-state index in [1.165, 1.54) is 10.4 Å². The van der Waals surface area contributed by atoms with Crippen molar-refractivity contribution in [1.82, 2.24) is 15.5 Å². The van der Waals surface area contributed by atoms with Gasteiger partial charge in [-0.15, -0.1) is 16.4 Å². The van der Waals surface area contributed by atoms with Crippen LogP contribution in [0.5, 0.6) is 0 Å². The Bertz CT molecular complexity index is 564. The van der Waals surface area contributed by atoms with Crippen LogP contribution in [0.25, 0.3) is 0 Å². The van der Waals surface area contributed by atoms with Crippen LogP contribution in [0.15, 0.2) is 23.6 Å². The molecule has 2 aromatic rings. The molecule has 1 aliphatic heterocycles. The first kappa shape index (κ1) is 13.5. The van der Waals surface area contributed by atoms with Gasteiger partial charge in [-0.25, -0.2) is 0 Å². The second-order valence-electron chi connectivity index (χ2n) is 5.08. The molecule has 0 saturated heterocycles. The SMILES string of the molecule is CCNCc1ccc(N2CCc3sccc3C2C)nn1. The maximum Gasteiger partial charge on any atom is 0.151 e. The Morgan fingerprint density at radius 2 is 2.25 bits per heavy atom. The zero-order chi connectivity index (χ0) is 13.9. The Morgan fingerprint density at radius 3 is 3.00 bits per heavy atom. The highest BCUT2D eigenvalue weighted by Gasteiger charge is 2.25. The Labute approximate surface area is 123 Å². The van der Waals surface area contributed by atoms with E-state index in [9.17, 15) is 0 Å². The van der Waals surface area contributed by atoms with Crippen LogP contribution in [0.4, 0.5) is 5.82 Å². The van der Waals surface area contributed by atoms with Crippen molar-refractivity contribution in [3.8, 4) is 0 Å². The molecule has 0 fully saturated rings. The van der Waals surface area contributed by atoms with E-state index in [2.05, 4.69) is 57.8 Å². The van der Waals surface area contributed by atoms with Gasteiger partial charge in [0.2, 0.25) is 0 Å². The Hall–Kier alpha value is -1.46. The number of hydrogen-bond donors (Lipinski definition) is 1. The van der Waals surface area contributed by atoms with Crippen LogP contribution in [0, 0.1) is 0 Å². The van der Waals surface area contributed by atoms with Gasteiger partial charge in [-0.2, -0.15) is 5.10 Å². The van der Waals surface area contributed by atoms with Gasteiger partial charge in [-0.1, -0.05) is 6.92 Å². The van der Waals surface area contributed by atoms with Gasteiger partial charge < -0.3 is 10.2 Å². The van der Waals surface area contributed by atoms with Gasteiger partial charge in [-0.05, 0) is 49.0 Å². The normalized spacial score (nSPS) is 18.1. The molecule has 2 aromatic heterocycles. The maximum absolute atomic E-state index is 4.40. The molecule has 0 aliphatic carbocycles. The molecule has 0 saturated carbocycles. The van der Waals surface area contributed by atoms with Crippen molar-refractivity contribution in [2.24, 2.45) is 0 Å². The van der Waals surface area contributed by atoms with Crippen LogP contribution in [-0.2, 0) is 13.0 Å². The number of nitrogens with zero attached hydrogens (tertiary/aromatic N) is 3. The topological polar surface area (TPSA) is 41.0 Å². The summed E-state index contributed by atoms with van der Waals surface area (Å²) in [6.45, 7) is 7.10. The van der Waals surface area contributed by atoms with Gasteiger partial charge in [0.05, 0.1) is 11.7 Å². The average molecular weight is 288 g/mol. The second-order valence-corrected chi connectivity index (χ2v) is 6.08. The van der Waals surface area contributed by atoms with E-state index in [4.69, 9.17) is 0 Å². The molecule has 0 bridgehead atoms. The van der Waals surface area contributed by atoms with Crippen molar-refractivity contribution in [3.05, 3.63) is 39.7 Å². The van der Waals surface area contributed by atoms with Crippen LogP contribution in [-0.4, -0.2) is 23.3 Å². The molecule has 1 aliphatic rings. The largest absolute Gasteiger partial charge is 0.348 e. The molecule has 0 amide bonds. The minimum absolute atomic E-state index is 0.388. The van der Waals surface area contributed by atoms with Crippen molar-refractivity contribution in [2.45, 2.75) is 32.9 Å². The molecule has 4 nitrogen and oxygen atoms in total. The lowest BCUT2D eigenvalue weighted by molar-refractivity contribution is 0.616. The average Bonchev–Trinajstić information content (AvgIpc) is 2.96. The summed E-state index contributed by atoms with van der Waals surface area (Å²) in [5, 5.41) is 14.2. The van der Waals surface area contributed by atoms with Crippen LogP contribution >= 0.6 is 11.3 Å². The van der Waals surface area contributed by atoms with Gasteiger partial charge in [-0.3, -0.25) is 0 Å². The summed E-state index contributed by atoms with van der Waals surface area (Å²) in [5.74, 6) is 0.981. The molecule has 106 valence electrons. The van der Waals surface area contributed by atoms with Gasteiger partial charge in [0.1, 0.15) is 0 Å². The van der Waals surface area contributed by atoms with Gasteiger partial charge in [0, 0.05) is 18.0 Å². The summed E-state index contributed by atoms with van der Waals surface area (Å²) in [7, 11) is 0. The van der Waals surface area contributed by atoms with Gasteiger partial charge in [0.15, 0.2) is 5.82 Å². The molecule has 3 rings (SSSR count). The van der Waals surface area contributed by atoms with E-state index in [-0.39, 0.29) is 0 Å². The number of aromatic nitrogens is 2. The second kappa shape index (κ2) is 5.89. The summed E-state index contributed by atoms with van der Waals surface area (Å²) in [6, 6.07) is 6.79. The van der Waals surface area contributed by atoms with Crippen molar-refractivity contribution < 1.29 is 0 Å². The van der Waals surface area contributed by atoms with E-state index in [1.807, 2.05) is 11.3 Å². The summed E-state index contributed by atoms with van der Waals surface area (Å²) in [4.78, 5) is 3.87. The molecule has 1 N–H and O–H groups in total. The molecular weight excluding hydrogens is 268 g/mol. The first-order chi connectivity index (χ1) is 9.79. The highest BCUT2D eigenvalue weighted by molar-refractivity contribution is 7.10. The van der Waals surface area contributed by atoms with Crippen molar-refractivity contribution in [1.29, 1.82) is 0 Å². The van der Waals surface area contributed by atoms with Crippen molar-refractivity contribution in [2.75, 3.05) is 18.0 Å². The molecule has 3 heterocycles. The summed E-state index contributed by atoms with van der Waals surface area (Å²) >= 11 is 1.87. The lowest BCUT2D eigenvalue weighted by Crippen LogP contribution is -2.33. The smallest absolute Gasteiger partial charge is 0.151 e. The van der Waals surface area contributed by atoms with Crippen LogP contribution in [0.1, 0.15) is 36.0 Å². The van der Waals surface area contributed by atoms with Gasteiger partial charge in [0.25, 0.3) is 0 Å². The quantitative estimate of drug-likeness (QED) is 0.939. The number of rotatable bonds is 4. The molecule has 0 spiro atoms. The van der Waals surface area contributed by atoms with E-state index in [0.717, 1.165) is 37.6 Å². The molecule has 1 atom stereocenters. The monoisotopic (exact) mass is 288 g/mol. The third-order valence-electron chi connectivity index (χ3n) is 3.83. The zero-order valence-electron chi connectivity index (χ0n) is 12.0. The van der Waals surface area contributed by atoms with Crippen LogP contribution in [0.3, 0.4) is 0 Å². The van der Waals surface area contributed by atoms with E-state index in [1.54, 1.807) is 0 Å². The first-order valence-corrected chi connectivity index (χ1v) is 8.03. The number of hydrogen-bond acceptors (Lipinski definition) is 5. The molecule has 5 heteroatoms. The number of thiophene rings is 1. The zero-order valence-corrected chi connectivity index (χ0v) is 12.8. The minimum atomic E-state index is 0.388. The third-order valence-corrected chi connectivity index (χ3v) is 4.83. The standard InChI is InChI=1S/C15H20N4S/c1-3-16-10-12-4-5-15(18-17-12)19-8-6-14-13(11(19)2)7-9-20-14/h4-5,7,9,11,16H,3,6,8,10H2,1-2H3. The van der Waals surface area contributed by atoms with Gasteiger partial charge >= 0.3 is 0 Å². The fourth-order valence-electron chi connectivity index (χ4n) is 2.68. The van der Waals surface area contributed by atoms with Crippen molar-refractivity contribution in [3.63, 3.8) is 0 Å². The Kier molecular flexibility index (Phi) is 3.98. The summed E-state index contributed by atoms with van der Waals surface area (Å²) in [6.07, 6.45) is 1.11. The highest BCUT2D eigenvalue weighted by Crippen LogP contribution is 2.34. The molecule has 0 radical (unpaired) electrons. The predicted molar refractivity (Wildman–Crippen MR) is 83.2 cm³/mol. The van der Waals surface area contributed by atoms with E-state index >= 15 is 0 Å². The molecule has 0 aromatic carbocycles. The lowest BCUT2D eigenvalue weighted by Gasteiger charge is -2.34. The number of nitrogens with one attached hydrogen (secondary N) is 1.